The zero-order valence-electron chi connectivity index (χ0n) is 13.1. The van der Waals surface area contributed by atoms with Gasteiger partial charge in [-0.05, 0) is 38.8 Å². The van der Waals surface area contributed by atoms with E-state index in [0.717, 1.165) is 6.07 Å². The molecule has 0 bridgehead atoms. The maximum atomic E-state index is 12.9. The molecule has 0 amide bonds. The summed E-state index contributed by atoms with van der Waals surface area (Å²) in [5, 5.41) is 11.0. The molecule has 1 heterocycles. The first kappa shape index (κ1) is 16.9. The van der Waals surface area contributed by atoms with Crippen LogP contribution in [0, 0.1) is 24.0 Å². The summed E-state index contributed by atoms with van der Waals surface area (Å²) in [4.78, 5) is 10.4. The fraction of sp³-hybridized carbons (Fsp3) is 0.571. The number of ether oxygens (including phenoxy) is 1. The number of nitro benzene ring substituents is 1. The summed E-state index contributed by atoms with van der Waals surface area (Å²) >= 11 is 0. The van der Waals surface area contributed by atoms with Gasteiger partial charge in [0.15, 0.2) is 0 Å². The Labute approximate surface area is 130 Å². The van der Waals surface area contributed by atoms with Crippen molar-refractivity contribution < 1.29 is 18.1 Å². The van der Waals surface area contributed by atoms with Crippen LogP contribution in [0.4, 0.5) is 5.69 Å². The molecule has 8 heteroatoms. The van der Waals surface area contributed by atoms with Gasteiger partial charge in [0.1, 0.15) is 0 Å². The first-order chi connectivity index (χ1) is 10.1. The smallest absolute Gasteiger partial charge is 0.271 e. The molecule has 2 rings (SSSR count). The van der Waals surface area contributed by atoms with Crippen molar-refractivity contribution in [1.82, 2.24) is 4.31 Å². The second-order valence-corrected chi connectivity index (χ2v) is 7.57. The monoisotopic (exact) mass is 328 g/mol. The molecule has 7 nitrogen and oxygen atoms in total. The van der Waals surface area contributed by atoms with Crippen LogP contribution in [0.2, 0.25) is 0 Å². The Bertz CT molecular complexity index is 701. The lowest BCUT2D eigenvalue weighted by atomic mass is 10.1. The Kier molecular flexibility index (Phi) is 4.55. The Hall–Kier alpha value is -1.51. The zero-order chi connectivity index (χ0) is 16.7. The molecule has 0 N–H and O–H groups in total. The predicted octanol–water partition coefficient (Wildman–Crippen LogP) is 2.01. The Balaban J connectivity index is 2.55. The van der Waals surface area contributed by atoms with Gasteiger partial charge in [-0.15, -0.1) is 0 Å². The van der Waals surface area contributed by atoms with E-state index in [9.17, 15) is 18.5 Å². The summed E-state index contributed by atoms with van der Waals surface area (Å²) in [6, 6.07) is 2.23. The van der Waals surface area contributed by atoms with Crippen LogP contribution in [0.1, 0.15) is 25.0 Å². The number of benzene rings is 1. The molecule has 1 aliphatic heterocycles. The number of nitrogens with zero attached hydrogens (tertiary/aromatic N) is 2. The van der Waals surface area contributed by atoms with Crippen LogP contribution in [0.3, 0.4) is 0 Å². The fourth-order valence-electron chi connectivity index (χ4n) is 2.52. The normalized spacial score (nSPS) is 23.5. The standard InChI is InChI=1S/C14H20N2O5S/c1-9-5-13(16(17)18)6-14(12(9)4)22(19,20)15-7-11(3)21-8-10(15)2/h5-6,10-11H,7-8H2,1-4H3. The molecule has 0 aliphatic carbocycles. The molecule has 2 atom stereocenters. The quantitative estimate of drug-likeness (QED) is 0.625. The average molecular weight is 328 g/mol. The maximum absolute atomic E-state index is 12.9. The molecule has 22 heavy (non-hydrogen) atoms. The van der Waals surface area contributed by atoms with Gasteiger partial charge in [-0.3, -0.25) is 10.1 Å². The molecule has 2 unspecified atom stereocenters. The Morgan fingerprint density at radius 2 is 1.95 bits per heavy atom. The van der Waals surface area contributed by atoms with Gasteiger partial charge in [0.2, 0.25) is 10.0 Å². The van der Waals surface area contributed by atoms with Gasteiger partial charge in [0.25, 0.3) is 5.69 Å². The maximum Gasteiger partial charge on any atom is 0.271 e. The molecular formula is C14H20N2O5S. The minimum atomic E-state index is -3.80. The average Bonchev–Trinajstić information content (AvgIpc) is 2.43. The lowest BCUT2D eigenvalue weighted by Gasteiger charge is -2.36. The van der Waals surface area contributed by atoms with Crippen molar-refractivity contribution in [3.8, 4) is 0 Å². The molecule has 122 valence electrons. The Morgan fingerprint density at radius 3 is 2.55 bits per heavy atom. The number of hydrogen-bond acceptors (Lipinski definition) is 5. The van der Waals surface area contributed by atoms with E-state index in [1.54, 1.807) is 27.7 Å². The van der Waals surface area contributed by atoms with Crippen LogP contribution < -0.4 is 0 Å². The molecule has 1 aromatic rings. The minimum Gasteiger partial charge on any atom is -0.375 e. The third kappa shape index (κ3) is 2.99. The number of non-ortho nitro benzene ring substituents is 1. The summed E-state index contributed by atoms with van der Waals surface area (Å²) in [6.07, 6.45) is -0.203. The topological polar surface area (TPSA) is 89.8 Å². The third-order valence-electron chi connectivity index (χ3n) is 3.95. The molecule has 0 aromatic heterocycles. The highest BCUT2D eigenvalue weighted by Gasteiger charge is 2.36. The van der Waals surface area contributed by atoms with Crippen molar-refractivity contribution in [2.45, 2.75) is 44.7 Å². The first-order valence-electron chi connectivity index (χ1n) is 7.03. The number of morpholine rings is 1. The highest BCUT2D eigenvalue weighted by Crippen LogP contribution is 2.30. The largest absolute Gasteiger partial charge is 0.375 e. The van der Waals surface area contributed by atoms with E-state index < -0.39 is 14.9 Å². The van der Waals surface area contributed by atoms with Crippen molar-refractivity contribution in [3.63, 3.8) is 0 Å². The lowest BCUT2D eigenvalue weighted by Crippen LogP contribution is -2.50. The predicted molar refractivity (Wildman–Crippen MR) is 81.3 cm³/mol. The van der Waals surface area contributed by atoms with E-state index in [-0.39, 0.29) is 29.3 Å². The molecule has 1 saturated heterocycles. The summed E-state index contributed by atoms with van der Waals surface area (Å²) in [5.74, 6) is 0. The van der Waals surface area contributed by atoms with Gasteiger partial charge in [0.05, 0.1) is 22.5 Å². The molecule has 1 fully saturated rings. The summed E-state index contributed by atoms with van der Waals surface area (Å²) in [6.45, 7) is 7.47. The lowest BCUT2D eigenvalue weighted by molar-refractivity contribution is -0.385. The van der Waals surface area contributed by atoms with Crippen LogP contribution >= 0.6 is 0 Å². The van der Waals surface area contributed by atoms with Crippen LogP contribution in [0.25, 0.3) is 0 Å². The number of rotatable bonds is 3. The molecule has 1 aliphatic rings. The van der Waals surface area contributed by atoms with Gasteiger partial charge in [0, 0.05) is 24.7 Å². The van der Waals surface area contributed by atoms with Crippen molar-refractivity contribution in [2.75, 3.05) is 13.2 Å². The van der Waals surface area contributed by atoms with Crippen molar-refractivity contribution in [1.29, 1.82) is 0 Å². The number of hydrogen-bond donors (Lipinski definition) is 0. The number of nitro groups is 1. The van der Waals surface area contributed by atoms with Crippen molar-refractivity contribution in [3.05, 3.63) is 33.4 Å². The zero-order valence-corrected chi connectivity index (χ0v) is 13.9. The molecular weight excluding hydrogens is 308 g/mol. The second kappa shape index (κ2) is 5.94. The van der Waals surface area contributed by atoms with E-state index in [1.807, 2.05) is 0 Å². The van der Waals surface area contributed by atoms with Crippen LogP contribution in [-0.2, 0) is 14.8 Å². The van der Waals surface area contributed by atoms with E-state index >= 15 is 0 Å². The van der Waals surface area contributed by atoms with Gasteiger partial charge in [-0.1, -0.05) is 0 Å². The number of aryl methyl sites for hydroxylation is 1. The number of sulfonamides is 1. The molecule has 0 spiro atoms. The van der Waals surface area contributed by atoms with E-state index in [1.165, 1.54) is 10.4 Å². The summed E-state index contributed by atoms with van der Waals surface area (Å²) < 4.78 is 32.7. The van der Waals surface area contributed by atoms with Crippen LogP contribution in [-0.4, -0.2) is 42.9 Å². The van der Waals surface area contributed by atoms with Crippen LogP contribution in [0.15, 0.2) is 17.0 Å². The van der Waals surface area contributed by atoms with Gasteiger partial charge < -0.3 is 4.74 Å². The van der Waals surface area contributed by atoms with Crippen molar-refractivity contribution >= 4 is 15.7 Å². The summed E-state index contributed by atoms with van der Waals surface area (Å²) in [5.41, 5.74) is 0.911. The Morgan fingerprint density at radius 1 is 1.32 bits per heavy atom. The van der Waals surface area contributed by atoms with E-state index in [0.29, 0.717) is 17.7 Å². The van der Waals surface area contributed by atoms with Crippen LogP contribution in [0.5, 0.6) is 0 Å². The molecule has 0 saturated carbocycles. The third-order valence-corrected chi connectivity index (χ3v) is 6.06. The van der Waals surface area contributed by atoms with Gasteiger partial charge >= 0.3 is 0 Å². The molecule has 0 radical (unpaired) electrons. The van der Waals surface area contributed by atoms with E-state index in [2.05, 4.69) is 0 Å². The van der Waals surface area contributed by atoms with Gasteiger partial charge in [-0.2, -0.15) is 4.31 Å². The fourth-order valence-corrected chi connectivity index (χ4v) is 4.53. The first-order valence-corrected chi connectivity index (χ1v) is 8.47. The highest BCUT2D eigenvalue weighted by atomic mass is 32.2. The summed E-state index contributed by atoms with van der Waals surface area (Å²) in [7, 11) is -3.80. The second-order valence-electron chi connectivity index (χ2n) is 5.71. The highest BCUT2D eigenvalue weighted by molar-refractivity contribution is 7.89. The SMILES string of the molecule is Cc1cc([N+](=O)[O-])cc(S(=O)(=O)N2CC(C)OCC2C)c1C. The minimum absolute atomic E-state index is 0.000139. The molecule has 1 aromatic carbocycles. The van der Waals surface area contributed by atoms with Gasteiger partial charge in [-0.25, -0.2) is 8.42 Å². The van der Waals surface area contributed by atoms with E-state index in [4.69, 9.17) is 4.74 Å². The van der Waals surface area contributed by atoms with Crippen molar-refractivity contribution in [2.24, 2.45) is 0 Å².